The Morgan fingerprint density at radius 3 is 2.46 bits per heavy atom. The molecule has 1 aromatic carbocycles. The molecule has 2 aromatic heterocycles. The van der Waals surface area contributed by atoms with Gasteiger partial charge in [-0.15, -0.1) is 0 Å². The summed E-state index contributed by atoms with van der Waals surface area (Å²) in [6.45, 7) is 2.57. The first-order valence-electron chi connectivity index (χ1n) is 8.16. The van der Waals surface area contributed by atoms with E-state index in [0.717, 1.165) is 16.8 Å². The Kier molecular flexibility index (Phi) is 5.60. The standard InChI is InChI=1S/C19H19N3O3S/c1-2-25-17-6-8-18(9-7-17)26(23,24)22-13-15-5-10-19(21-12-15)16-4-3-11-20-14-16/h3-12,14,22H,2,13H2,1H3. The number of benzene rings is 1. The summed E-state index contributed by atoms with van der Waals surface area (Å²) in [6.07, 6.45) is 5.09. The van der Waals surface area contributed by atoms with Crippen molar-refractivity contribution in [2.45, 2.75) is 18.4 Å². The third-order valence-electron chi connectivity index (χ3n) is 3.69. The van der Waals surface area contributed by atoms with Crippen molar-refractivity contribution in [1.82, 2.24) is 14.7 Å². The first-order chi connectivity index (χ1) is 12.6. The third-order valence-corrected chi connectivity index (χ3v) is 5.11. The molecule has 0 unspecified atom stereocenters. The van der Waals surface area contributed by atoms with Crippen LogP contribution in [0.4, 0.5) is 0 Å². The van der Waals surface area contributed by atoms with Gasteiger partial charge in [0.15, 0.2) is 0 Å². The summed E-state index contributed by atoms with van der Waals surface area (Å²) < 4.78 is 32.7. The maximum atomic E-state index is 12.4. The zero-order chi connectivity index (χ0) is 18.4. The first kappa shape index (κ1) is 18.0. The SMILES string of the molecule is CCOc1ccc(S(=O)(=O)NCc2ccc(-c3cccnc3)nc2)cc1. The Bertz CT molecular complexity index is 942. The van der Waals surface area contributed by atoms with Crippen molar-refractivity contribution in [2.24, 2.45) is 0 Å². The average Bonchev–Trinajstić information content (AvgIpc) is 2.68. The van der Waals surface area contributed by atoms with Crippen molar-refractivity contribution >= 4 is 10.0 Å². The second-order valence-electron chi connectivity index (χ2n) is 5.52. The molecule has 0 bridgehead atoms. The van der Waals surface area contributed by atoms with Crippen LogP contribution in [0.5, 0.6) is 5.75 Å². The van der Waals surface area contributed by atoms with Gasteiger partial charge in [0.05, 0.1) is 17.2 Å². The van der Waals surface area contributed by atoms with Gasteiger partial charge in [0.2, 0.25) is 10.0 Å². The van der Waals surface area contributed by atoms with Crippen molar-refractivity contribution in [3.63, 3.8) is 0 Å². The molecule has 0 aliphatic carbocycles. The molecule has 26 heavy (non-hydrogen) atoms. The molecule has 1 N–H and O–H groups in total. The molecule has 0 radical (unpaired) electrons. The van der Waals surface area contributed by atoms with Crippen LogP contribution in [-0.4, -0.2) is 25.0 Å². The summed E-state index contributed by atoms with van der Waals surface area (Å²) in [5, 5.41) is 0. The molecule has 2 heterocycles. The predicted molar refractivity (Wildman–Crippen MR) is 99.1 cm³/mol. The lowest BCUT2D eigenvalue weighted by molar-refractivity contribution is 0.340. The Labute approximate surface area is 153 Å². The van der Waals surface area contributed by atoms with E-state index in [1.807, 2.05) is 31.2 Å². The zero-order valence-corrected chi connectivity index (χ0v) is 15.1. The second-order valence-corrected chi connectivity index (χ2v) is 7.29. The van der Waals surface area contributed by atoms with Crippen LogP contribution in [0.2, 0.25) is 0 Å². The van der Waals surface area contributed by atoms with Gasteiger partial charge < -0.3 is 4.74 Å². The van der Waals surface area contributed by atoms with E-state index in [1.54, 1.807) is 30.7 Å². The number of rotatable bonds is 7. The van der Waals surface area contributed by atoms with E-state index in [0.29, 0.717) is 12.4 Å². The molecule has 0 aliphatic heterocycles. The smallest absolute Gasteiger partial charge is 0.240 e. The highest BCUT2D eigenvalue weighted by Gasteiger charge is 2.13. The van der Waals surface area contributed by atoms with Crippen LogP contribution < -0.4 is 9.46 Å². The van der Waals surface area contributed by atoms with Gasteiger partial charge in [0.25, 0.3) is 0 Å². The van der Waals surface area contributed by atoms with Gasteiger partial charge in [-0.1, -0.05) is 6.07 Å². The van der Waals surface area contributed by atoms with Gasteiger partial charge in [0, 0.05) is 30.7 Å². The number of nitrogens with one attached hydrogen (secondary N) is 1. The zero-order valence-electron chi connectivity index (χ0n) is 14.3. The summed E-state index contributed by atoms with van der Waals surface area (Å²) in [5.74, 6) is 0.640. The number of aromatic nitrogens is 2. The summed E-state index contributed by atoms with van der Waals surface area (Å²) in [6, 6.07) is 13.8. The van der Waals surface area contributed by atoms with Crippen molar-refractivity contribution in [3.05, 3.63) is 72.7 Å². The molecule has 0 saturated heterocycles. The Morgan fingerprint density at radius 2 is 1.85 bits per heavy atom. The minimum atomic E-state index is -3.60. The monoisotopic (exact) mass is 369 g/mol. The Morgan fingerprint density at radius 1 is 1.04 bits per heavy atom. The molecule has 3 rings (SSSR count). The molecule has 3 aromatic rings. The van der Waals surface area contributed by atoms with Gasteiger partial charge >= 0.3 is 0 Å². The van der Waals surface area contributed by atoms with Crippen LogP contribution in [-0.2, 0) is 16.6 Å². The normalized spacial score (nSPS) is 11.3. The molecule has 6 nitrogen and oxygen atoms in total. The molecule has 0 fully saturated rings. The summed E-state index contributed by atoms with van der Waals surface area (Å²) in [4.78, 5) is 8.62. The van der Waals surface area contributed by atoms with Crippen molar-refractivity contribution < 1.29 is 13.2 Å². The van der Waals surface area contributed by atoms with Crippen LogP contribution >= 0.6 is 0 Å². The molecule has 0 atom stereocenters. The third kappa shape index (κ3) is 4.44. The molecule has 134 valence electrons. The topological polar surface area (TPSA) is 81.2 Å². The van der Waals surface area contributed by atoms with Gasteiger partial charge in [-0.05, 0) is 55.0 Å². The Balaban J connectivity index is 1.66. The second kappa shape index (κ2) is 8.07. The Hall–Kier alpha value is -2.77. The van der Waals surface area contributed by atoms with Crippen molar-refractivity contribution in [1.29, 1.82) is 0 Å². The van der Waals surface area contributed by atoms with E-state index in [9.17, 15) is 8.42 Å². The molecule has 0 amide bonds. The summed E-state index contributed by atoms with van der Waals surface area (Å²) >= 11 is 0. The van der Waals surface area contributed by atoms with Crippen LogP contribution in [0.15, 0.2) is 72.0 Å². The number of hydrogen-bond acceptors (Lipinski definition) is 5. The van der Waals surface area contributed by atoms with Crippen LogP contribution in [0, 0.1) is 0 Å². The van der Waals surface area contributed by atoms with E-state index >= 15 is 0 Å². The van der Waals surface area contributed by atoms with Crippen LogP contribution in [0.25, 0.3) is 11.3 Å². The maximum absolute atomic E-state index is 12.4. The fourth-order valence-electron chi connectivity index (χ4n) is 2.36. The number of sulfonamides is 1. The average molecular weight is 369 g/mol. The minimum absolute atomic E-state index is 0.163. The van der Waals surface area contributed by atoms with Gasteiger partial charge in [-0.2, -0.15) is 0 Å². The lowest BCUT2D eigenvalue weighted by Crippen LogP contribution is -2.23. The number of ether oxygens (including phenoxy) is 1. The van der Waals surface area contributed by atoms with E-state index in [4.69, 9.17) is 4.74 Å². The molecule has 0 aliphatic rings. The highest BCUT2D eigenvalue weighted by molar-refractivity contribution is 7.89. The van der Waals surface area contributed by atoms with Gasteiger partial charge in [-0.25, -0.2) is 13.1 Å². The van der Waals surface area contributed by atoms with Crippen LogP contribution in [0.1, 0.15) is 12.5 Å². The lowest BCUT2D eigenvalue weighted by Gasteiger charge is -2.08. The minimum Gasteiger partial charge on any atom is -0.494 e. The van der Waals surface area contributed by atoms with E-state index in [2.05, 4.69) is 14.7 Å². The highest BCUT2D eigenvalue weighted by Crippen LogP contribution is 2.17. The largest absolute Gasteiger partial charge is 0.494 e. The number of hydrogen-bond donors (Lipinski definition) is 1. The van der Waals surface area contributed by atoms with Gasteiger partial charge in [-0.3, -0.25) is 9.97 Å². The number of nitrogens with zero attached hydrogens (tertiary/aromatic N) is 2. The first-order valence-corrected chi connectivity index (χ1v) is 9.64. The van der Waals surface area contributed by atoms with Crippen molar-refractivity contribution in [2.75, 3.05) is 6.61 Å². The van der Waals surface area contributed by atoms with Gasteiger partial charge in [0.1, 0.15) is 5.75 Å². The molecular formula is C19H19N3O3S. The fourth-order valence-corrected chi connectivity index (χ4v) is 3.38. The van der Waals surface area contributed by atoms with Crippen molar-refractivity contribution in [3.8, 4) is 17.0 Å². The maximum Gasteiger partial charge on any atom is 0.240 e. The quantitative estimate of drug-likeness (QED) is 0.692. The summed E-state index contributed by atoms with van der Waals surface area (Å²) in [7, 11) is -3.60. The molecule has 0 spiro atoms. The summed E-state index contributed by atoms with van der Waals surface area (Å²) in [5.41, 5.74) is 2.47. The van der Waals surface area contributed by atoms with Crippen LogP contribution in [0.3, 0.4) is 0 Å². The highest BCUT2D eigenvalue weighted by atomic mass is 32.2. The van der Waals surface area contributed by atoms with E-state index < -0.39 is 10.0 Å². The van der Waals surface area contributed by atoms with E-state index in [1.165, 1.54) is 12.1 Å². The number of pyridine rings is 2. The lowest BCUT2D eigenvalue weighted by atomic mass is 10.1. The molecule has 7 heteroatoms. The fraction of sp³-hybridized carbons (Fsp3) is 0.158. The molecule has 0 saturated carbocycles. The molecular weight excluding hydrogens is 350 g/mol. The predicted octanol–water partition coefficient (Wildman–Crippen LogP) is 3.02. The van der Waals surface area contributed by atoms with E-state index in [-0.39, 0.29) is 11.4 Å².